The van der Waals surface area contributed by atoms with E-state index in [0.717, 1.165) is 84.7 Å². The van der Waals surface area contributed by atoms with Crippen LogP contribution in [0.25, 0.3) is 21.8 Å². The van der Waals surface area contributed by atoms with Crippen molar-refractivity contribution in [3.8, 4) is 5.75 Å². The van der Waals surface area contributed by atoms with Gasteiger partial charge in [-0.05, 0) is 79.8 Å². The van der Waals surface area contributed by atoms with Gasteiger partial charge in [-0.2, -0.15) is 0 Å². The summed E-state index contributed by atoms with van der Waals surface area (Å²) in [5, 5.41) is 8.54. The molecular weight excluding hydrogens is 443 g/mol. The average Bonchev–Trinajstić information content (AvgIpc) is 3.33. The fourth-order valence-corrected chi connectivity index (χ4v) is 4.84. The highest BCUT2D eigenvalue weighted by atomic mass is 19.1. The molecule has 7 heteroatoms. The molecule has 35 heavy (non-hydrogen) atoms. The highest BCUT2D eigenvalue weighted by Gasteiger charge is 2.18. The van der Waals surface area contributed by atoms with E-state index in [-0.39, 0.29) is 5.82 Å². The molecule has 182 valence electrons. The minimum atomic E-state index is -0.427. The molecule has 0 saturated heterocycles. The van der Waals surface area contributed by atoms with Gasteiger partial charge in [-0.15, -0.1) is 0 Å². The van der Waals surface area contributed by atoms with E-state index in [0.29, 0.717) is 12.3 Å². The molecule has 2 aromatic heterocycles. The van der Waals surface area contributed by atoms with Crippen LogP contribution in [0.5, 0.6) is 5.75 Å². The van der Waals surface area contributed by atoms with E-state index in [1.165, 1.54) is 24.1 Å². The van der Waals surface area contributed by atoms with Crippen molar-refractivity contribution in [2.45, 2.75) is 51.4 Å². The average molecular weight is 475 g/mol. The predicted octanol–water partition coefficient (Wildman–Crippen LogP) is 6.49. The number of pyridine rings is 1. The number of aromatic amines is 1. The van der Waals surface area contributed by atoms with Crippen LogP contribution in [0.1, 0.15) is 49.8 Å². The van der Waals surface area contributed by atoms with Gasteiger partial charge in [-0.25, -0.2) is 9.18 Å². The second kappa shape index (κ2) is 10.8. The highest BCUT2D eigenvalue weighted by Crippen LogP contribution is 2.33. The number of anilines is 1. The molecule has 1 aliphatic rings. The number of benzene rings is 2. The van der Waals surface area contributed by atoms with Crippen LogP contribution in [0.4, 0.5) is 14.9 Å². The van der Waals surface area contributed by atoms with E-state index >= 15 is 0 Å². The maximum atomic E-state index is 13.8. The Labute approximate surface area is 204 Å². The maximum absolute atomic E-state index is 13.8. The summed E-state index contributed by atoms with van der Waals surface area (Å²) in [4.78, 5) is 19.9. The number of aryl methyl sites for hydroxylation is 1. The summed E-state index contributed by atoms with van der Waals surface area (Å²) in [6.45, 7) is 1.45. The number of nitrogens with one attached hydrogen (secondary N) is 3. The molecule has 5 rings (SSSR count). The SMILES string of the molecule is O=C(NCCCCCCNc1c2c(nc3cc(F)ccc13)CCCC2)Oc1ccc2cc[nH]c2c1. The third kappa shape index (κ3) is 5.56. The zero-order valence-electron chi connectivity index (χ0n) is 19.8. The first-order valence-electron chi connectivity index (χ1n) is 12.5. The normalized spacial score (nSPS) is 13.1. The Bertz CT molecular complexity index is 1330. The lowest BCUT2D eigenvalue weighted by molar-refractivity contribution is 0.200. The summed E-state index contributed by atoms with van der Waals surface area (Å²) >= 11 is 0. The molecule has 0 spiro atoms. The van der Waals surface area contributed by atoms with E-state index < -0.39 is 6.09 Å². The summed E-state index contributed by atoms with van der Waals surface area (Å²) in [6.07, 6.45) is 9.75. The molecular formula is C28H31FN4O2. The lowest BCUT2D eigenvalue weighted by atomic mass is 9.92. The third-order valence-corrected chi connectivity index (χ3v) is 6.64. The van der Waals surface area contributed by atoms with E-state index in [9.17, 15) is 9.18 Å². The van der Waals surface area contributed by atoms with Crippen LogP contribution < -0.4 is 15.4 Å². The van der Waals surface area contributed by atoms with Crippen LogP contribution >= 0.6 is 0 Å². The number of nitrogens with zero attached hydrogens (tertiary/aromatic N) is 1. The van der Waals surface area contributed by atoms with E-state index in [4.69, 9.17) is 9.72 Å². The third-order valence-electron chi connectivity index (χ3n) is 6.64. The molecule has 4 aromatic rings. The first-order chi connectivity index (χ1) is 17.2. The Balaban J connectivity index is 1.04. The van der Waals surface area contributed by atoms with Crippen molar-refractivity contribution in [1.82, 2.24) is 15.3 Å². The van der Waals surface area contributed by atoms with E-state index in [2.05, 4.69) is 15.6 Å². The zero-order chi connectivity index (χ0) is 24.0. The number of rotatable bonds is 9. The first-order valence-corrected chi connectivity index (χ1v) is 12.5. The molecule has 3 N–H and O–H groups in total. The van der Waals surface area contributed by atoms with Crippen molar-refractivity contribution in [3.05, 3.63) is 65.7 Å². The molecule has 2 aromatic carbocycles. The highest BCUT2D eigenvalue weighted by molar-refractivity contribution is 5.93. The number of ether oxygens (including phenoxy) is 1. The number of carbonyl (C=O) groups is 1. The van der Waals surface area contributed by atoms with Crippen LogP contribution in [0.15, 0.2) is 48.7 Å². The van der Waals surface area contributed by atoms with Gasteiger partial charge in [0.25, 0.3) is 0 Å². The van der Waals surface area contributed by atoms with Gasteiger partial charge in [0.2, 0.25) is 0 Å². The Hall–Kier alpha value is -3.61. The molecule has 0 aliphatic heterocycles. The van der Waals surface area contributed by atoms with Gasteiger partial charge in [-0.3, -0.25) is 4.98 Å². The number of carbonyl (C=O) groups excluding carboxylic acids is 1. The summed E-state index contributed by atoms with van der Waals surface area (Å²) in [5.74, 6) is 0.280. The minimum Gasteiger partial charge on any atom is -0.410 e. The number of unbranched alkanes of at least 4 members (excludes halogenated alkanes) is 3. The molecule has 1 aliphatic carbocycles. The van der Waals surface area contributed by atoms with Crippen molar-refractivity contribution < 1.29 is 13.9 Å². The zero-order valence-corrected chi connectivity index (χ0v) is 19.8. The number of hydrogen-bond donors (Lipinski definition) is 3. The molecule has 0 saturated carbocycles. The number of H-pyrrole nitrogens is 1. The number of halogens is 1. The molecule has 2 heterocycles. The Morgan fingerprint density at radius 1 is 1.00 bits per heavy atom. The number of fused-ring (bicyclic) bond motifs is 3. The molecule has 0 atom stereocenters. The van der Waals surface area contributed by atoms with Crippen LogP contribution in [-0.2, 0) is 12.8 Å². The summed E-state index contributed by atoms with van der Waals surface area (Å²) in [5.41, 5.74) is 5.22. The number of amides is 1. The van der Waals surface area contributed by atoms with Crippen molar-refractivity contribution in [3.63, 3.8) is 0 Å². The lowest BCUT2D eigenvalue weighted by Gasteiger charge is -2.21. The van der Waals surface area contributed by atoms with Gasteiger partial charge >= 0.3 is 6.09 Å². The quantitative estimate of drug-likeness (QED) is 0.242. The van der Waals surface area contributed by atoms with Gasteiger partial charge in [-0.1, -0.05) is 12.8 Å². The standard InChI is InChI=1S/C28H31FN4O2/c29-20-10-12-23-26(17-20)33-24-8-4-3-7-22(24)27(23)31-14-5-1-2-6-15-32-28(34)35-21-11-9-19-13-16-30-25(19)18-21/h9-13,16-18,30H,1-8,14-15H2,(H,31,33)(H,32,34). The molecule has 0 radical (unpaired) electrons. The summed E-state index contributed by atoms with van der Waals surface area (Å²) in [6, 6.07) is 12.4. The fourth-order valence-electron chi connectivity index (χ4n) is 4.84. The second-order valence-electron chi connectivity index (χ2n) is 9.16. The summed E-state index contributed by atoms with van der Waals surface area (Å²) < 4.78 is 19.1. The summed E-state index contributed by atoms with van der Waals surface area (Å²) in [7, 11) is 0. The van der Waals surface area contributed by atoms with E-state index in [1.807, 2.05) is 30.5 Å². The topological polar surface area (TPSA) is 79.0 Å². The fraction of sp³-hybridized carbons (Fsp3) is 0.357. The van der Waals surface area contributed by atoms with Crippen molar-refractivity contribution in [1.29, 1.82) is 0 Å². The maximum Gasteiger partial charge on any atom is 0.412 e. The van der Waals surface area contributed by atoms with Gasteiger partial charge in [0, 0.05) is 53.7 Å². The molecule has 0 unspecified atom stereocenters. The smallest absolute Gasteiger partial charge is 0.410 e. The monoisotopic (exact) mass is 474 g/mol. The molecule has 0 fully saturated rings. The predicted molar refractivity (Wildman–Crippen MR) is 138 cm³/mol. The van der Waals surface area contributed by atoms with Crippen molar-refractivity contribution >= 4 is 33.6 Å². The second-order valence-corrected chi connectivity index (χ2v) is 9.16. The van der Waals surface area contributed by atoms with Crippen molar-refractivity contribution in [2.24, 2.45) is 0 Å². The number of hydrogen-bond acceptors (Lipinski definition) is 4. The van der Waals surface area contributed by atoms with Gasteiger partial charge in [0.05, 0.1) is 5.52 Å². The number of aromatic nitrogens is 2. The lowest BCUT2D eigenvalue weighted by Crippen LogP contribution is -2.27. The van der Waals surface area contributed by atoms with Gasteiger partial charge in [0.15, 0.2) is 0 Å². The molecule has 1 amide bonds. The Morgan fingerprint density at radius 2 is 1.86 bits per heavy atom. The first kappa shape index (κ1) is 23.1. The Morgan fingerprint density at radius 3 is 2.77 bits per heavy atom. The van der Waals surface area contributed by atoms with Crippen LogP contribution in [-0.4, -0.2) is 29.2 Å². The van der Waals surface area contributed by atoms with Crippen molar-refractivity contribution in [2.75, 3.05) is 18.4 Å². The largest absolute Gasteiger partial charge is 0.412 e. The van der Waals surface area contributed by atoms with Crippen LogP contribution in [0, 0.1) is 5.82 Å². The van der Waals surface area contributed by atoms with Crippen LogP contribution in [0.3, 0.4) is 0 Å². The Kier molecular flexibility index (Phi) is 7.12. The van der Waals surface area contributed by atoms with E-state index in [1.54, 1.807) is 6.07 Å². The molecule has 0 bridgehead atoms. The van der Waals surface area contributed by atoms with Gasteiger partial charge in [0.1, 0.15) is 11.6 Å². The molecule has 6 nitrogen and oxygen atoms in total. The van der Waals surface area contributed by atoms with Crippen LogP contribution in [0.2, 0.25) is 0 Å². The minimum absolute atomic E-state index is 0.245. The van der Waals surface area contributed by atoms with Gasteiger partial charge < -0.3 is 20.4 Å².